The zero-order valence-corrected chi connectivity index (χ0v) is 24.4. The lowest BCUT2D eigenvalue weighted by Crippen LogP contribution is -2.55. The number of rotatable bonds is 7. The van der Waals surface area contributed by atoms with Gasteiger partial charge in [0.25, 0.3) is 11.5 Å². The maximum atomic E-state index is 12.9. The van der Waals surface area contributed by atoms with E-state index in [9.17, 15) is 28.0 Å². The van der Waals surface area contributed by atoms with Gasteiger partial charge in [0.2, 0.25) is 0 Å². The van der Waals surface area contributed by atoms with Crippen LogP contribution in [0.4, 0.5) is 30.2 Å². The second-order valence-corrected chi connectivity index (χ2v) is 11.5. The lowest BCUT2D eigenvalue weighted by molar-refractivity contribution is -0.202. The Bertz CT molecular complexity index is 1880. The van der Waals surface area contributed by atoms with E-state index in [4.69, 9.17) is 11.6 Å². The highest BCUT2D eigenvalue weighted by Crippen LogP contribution is 2.39. The first-order valence-electron chi connectivity index (χ1n) is 13.9. The van der Waals surface area contributed by atoms with E-state index < -0.39 is 31.1 Å². The number of pyridine rings is 2. The van der Waals surface area contributed by atoms with Gasteiger partial charge >= 0.3 is 6.18 Å². The van der Waals surface area contributed by atoms with Crippen molar-refractivity contribution in [1.29, 1.82) is 5.26 Å². The van der Waals surface area contributed by atoms with Crippen LogP contribution in [0.2, 0.25) is 5.15 Å². The van der Waals surface area contributed by atoms with Crippen molar-refractivity contribution >= 4 is 45.5 Å². The standard InChI is InChI=1S/C30H26ClF3N8O2/c1-15(28-36-11-17(12-37-28)16-3-4-16)38-23-9-26(43)41(2)25-6-5-19(7-20(23)25)39-22-8-24(40-27(31)21(22)10-35)29(44)42-13-18(14-42)30(32,33)34/h5-9,11-12,15-16,18,38H,3-4,13-14H2,1-2H3,(H,39,40). The van der Waals surface area contributed by atoms with Crippen molar-refractivity contribution in [2.24, 2.45) is 13.0 Å². The first kappa shape index (κ1) is 29.4. The number of hydrogen-bond donors (Lipinski definition) is 2. The minimum Gasteiger partial charge on any atom is -0.375 e. The molecular weight excluding hydrogens is 597 g/mol. The number of nitrogens with zero attached hydrogens (tertiary/aromatic N) is 6. The van der Waals surface area contributed by atoms with Gasteiger partial charge in [-0.3, -0.25) is 9.59 Å². The molecule has 1 aromatic carbocycles. The van der Waals surface area contributed by atoms with E-state index in [0.29, 0.717) is 34.0 Å². The average molecular weight is 623 g/mol. The normalized spacial score (nSPS) is 15.9. The Labute approximate surface area is 254 Å². The highest BCUT2D eigenvalue weighted by molar-refractivity contribution is 6.31. The molecule has 6 rings (SSSR count). The fraction of sp³-hybridized carbons (Fsp3) is 0.333. The molecule has 1 amide bonds. The van der Waals surface area contributed by atoms with Gasteiger partial charge in [-0.25, -0.2) is 15.0 Å². The van der Waals surface area contributed by atoms with Gasteiger partial charge in [0.15, 0.2) is 0 Å². The molecule has 2 N–H and O–H groups in total. The molecule has 226 valence electrons. The quantitative estimate of drug-likeness (QED) is 0.252. The van der Waals surface area contributed by atoms with Crippen LogP contribution in [0.5, 0.6) is 0 Å². The number of benzene rings is 1. The monoisotopic (exact) mass is 622 g/mol. The Morgan fingerprint density at radius 2 is 1.84 bits per heavy atom. The molecule has 1 saturated heterocycles. The zero-order valence-electron chi connectivity index (χ0n) is 23.6. The van der Waals surface area contributed by atoms with Crippen LogP contribution >= 0.6 is 11.6 Å². The number of alkyl halides is 3. The number of hydrogen-bond acceptors (Lipinski definition) is 8. The lowest BCUT2D eigenvalue weighted by atomic mass is 9.99. The van der Waals surface area contributed by atoms with Crippen molar-refractivity contribution in [3.8, 4) is 6.07 Å². The average Bonchev–Trinajstić information content (AvgIpc) is 3.80. The number of aryl methyl sites for hydroxylation is 1. The van der Waals surface area contributed by atoms with E-state index in [0.717, 1.165) is 23.3 Å². The van der Waals surface area contributed by atoms with Gasteiger partial charge in [0, 0.05) is 55.4 Å². The number of halogens is 4. The zero-order chi connectivity index (χ0) is 31.3. The Morgan fingerprint density at radius 1 is 1.14 bits per heavy atom. The number of carbonyl (C=O) groups is 1. The largest absolute Gasteiger partial charge is 0.395 e. The molecule has 3 aromatic heterocycles. The number of likely N-dealkylation sites (tertiary alicyclic amines) is 1. The minimum atomic E-state index is -4.39. The molecule has 1 saturated carbocycles. The summed E-state index contributed by atoms with van der Waals surface area (Å²) in [6.45, 7) is 0.943. The first-order valence-corrected chi connectivity index (χ1v) is 14.3. The first-order chi connectivity index (χ1) is 20.9. The summed E-state index contributed by atoms with van der Waals surface area (Å²) in [4.78, 5) is 39.7. The van der Waals surface area contributed by atoms with Gasteiger partial charge in [0.1, 0.15) is 28.3 Å². The molecule has 4 aromatic rings. The third-order valence-electron chi connectivity index (χ3n) is 7.96. The van der Waals surface area contributed by atoms with Crippen molar-refractivity contribution in [3.63, 3.8) is 0 Å². The maximum Gasteiger partial charge on any atom is 0.395 e. The molecular formula is C30H26ClF3N8O2. The Kier molecular flexibility index (Phi) is 7.41. The molecule has 10 nitrogen and oxygen atoms in total. The number of anilines is 3. The molecule has 0 radical (unpaired) electrons. The number of nitrogens with one attached hydrogen (secondary N) is 2. The summed E-state index contributed by atoms with van der Waals surface area (Å²) in [5, 5.41) is 16.6. The molecule has 2 aliphatic rings. The van der Waals surface area contributed by atoms with Crippen molar-refractivity contribution in [2.45, 2.75) is 37.9 Å². The highest BCUT2D eigenvalue weighted by Gasteiger charge is 2.49. The summed E-state index contributed by atoms with van der Waals surface area (Å²) in [6, 6.07) is 9.58. The SMILES string of the molecule is CC(Nc1cc(=O)n(C)c2ccc(Nc3cc(C(=O)N4CC(C(F)(F)F)C4)nc(Cl)c3C#N)cc12)c1ncc(C2CC2)cn1. The number of aromatic nitrogens is 4. The number of amides is 1. The molecule has 4 heterocycles. The van der Waals surface area contributed by atoms with Crippen LogP contribution < -0.4 is 16.2 Å². The summed E-state index contributed by atoms with van der Waals surface area (Å²) in [5.41, 5.74) is 2.47. The van der Waals surface area contributed by atoms with Crippen molar-refractivity contribution in [2.75, 3.05) is 23.7 Å². The predicted molar refractivity (Wildman–Crippen MR) is 158 cm³/mol. The van der Waals surface area contributed by atoms with E-state index >= 15 is 0 Å². The summed E-state index contributed by atoms with van der Waals surface area (Å²) in [5.74, 6) is -1.21. The topological polar surface area (TPSA) is 129 Å². The molecule has 0 bridgehead atoms. The van der Waals surface area contributed by atoms with E-state index in [2.05, 4.69) is 25.6 Å². The third-order valence-corrected chi connectivity index (χ3v) is 8.24. The summed E-state index contributed by atoms with van der Waals surface area (Å²) in [6.07, 6.45) is 1.57. The number of carbonyl (C=O) groups excluding carboxylic acids is 1. The molecule has 1 aliphatic carbocycles. The lowest BCUT2D eigenvalue weighted by Gasteiger charge is -2.39. The van der Waals surface area contributed by atoms with Crippen LogP contribution in [0, 0.1) is 17.2 Å². The van der Waals surface area contributed by atoms with Crippen molar-refractivity contribution in [1.82, 2.24) is 24.4 Å². The fourth-order valence-electron chi connectivity index (χ4n) is 5.15. The van der Waals surface area contributed by atoms with Crippen molar-refractivity contribution in [3.05, 3.63) is 80.9 Å². The second kappa shape index (κ2) is 11.1. The van der Waals surface area contributed by atoms with Gasteiger partial charge in [-0.15, -0.1) is 0 Å². The van der Waals surface area contributed by atoms with E-state index in [1.54, 1.807) is 25.2 Å². The Morgan fingerprint density at radius 3 is 2.48 bits per heavy atom. The van der Waals surface area contributed by atoms with Crippen LogP contribution in [0.15, 0.2) is 47.5 Å². The van der Waals surface area contributed by atoms with Gasteiger partial charge in [-0.1, -0.05) is 11.6 Å². The van der Waals surface area contributed by atoms with Crippen LogP contribution in [0.25, 0.3) is 10.9 Å². The van der Waals surface area contributed by atoms with Gasteiger partial charge < -0.3 is 20.1 Å². The van der Waals surface area contributed by atoms with Crippen molar-refractivity contribution < 1.29 is 18.0 Å². The molecule has 1 atom stereocenters. The van der Waals surface area contributed by atoms with Gasteiger partial charge in [-0.2, -0.15) is 18.4 Å². The highest BCUT2D eigenvalue weighted by atomic mass is 35.5. The predicted octanol–water partition coefficient (Wildman–Crippen LogP) is 5.68. The Hall–Kier alpha value is -4.70. The molecule has 1 aliphatic heterocycles. The van der Waals surface area contributed by atoms with Crippen LogP contribution in [-0.4, -0.2) is 49.6 Å². The van der Waals surface area contributed by atoms with Crippen LogP contribution in [0.1, 0.15) is 59.2 Å². The fourth-order valence-corrected chi connectivity index (χ4v) is 5.39. The molecule has 0 spiro atoms. The van der Waals surface area contributed by atoms with Gasteiger partial charge in [0.05, 0.1) is 23.2 Å². The van der Waals surface area contributed by atoms with Crippen LogP contribution in [0.3, 0.4) is 0 Å². The van der Waals surface area contributed by atoms with Gasteiger partial charge in [-0.05, 0) is 55.5 Å². The van der Waals surface area contributed by atoms with Crippen LogP contribution in [-0.2, 0) is 7.05 Å². The van der Waals surface area contributed by atoms with E-state index in [-0.39, 0.29) is 33.7 Å². The smallest absolute Gasteiger partial charge is 0.375 e. The number of nitriles is 1. The third kappa shape index (κ3) is 5.65. The van der Waals surface area contributed by atoms with E-state index in [1.165, 1.54) is 16.7 Å². The Balaban J connectivity index is 1.29. The summed E-state index contributed by atoms with van der Waals surface area (Å²) in [7, 11) is 1.65. The second-order valence-electron chi connectivity index (χ2n) is 11.1. The molecule has 44 heavy (non-hydrogen) atoms. The van der Waals surface area contributed by atoms with E-state index in [1.807, 2.05) is 25.4 Å². The number of fused-ring (bicyclic) bond motifs is 1. The minimum absolute atomic E-state index is 0.0423. The molecule has 1 unspecified atom stereocenters. The summed E-state index contributed by atoms with van der Waals surface area (Å²) >= 11 is 6.23. The summed E-state index contributed by atoms with van der Waals surface area (Å²) < 4.78 is 40.3. The maximum absolute atomic E-state index is 12.9. The molecule has 2 fully saturated rings. The molecule has 14 heteroatoms.